The number of amides is 1. The van der Waals surface area contributed by atoms with E-state index in [1.807, 2.05) is 0 Å². The van der Waals surface area contributed by atoms with Crippen molar-refractivity contribution in [2.45, 2.75) is 37.8 Å². The quantitative estimate of drug-likeness (QED) is 0.750. The van der Waals surface area contributed by atoms with Crippen molar-refractivity contribution >= 4 is 5.91 Å². The van der Waals surface area contributed by atoms with Crippen LogP contribution in [-0.2, 0) is 9.53 Å². The second-order valence-corrected chi connectivity index (χ2v) is 5.23. The summed E-state index contributed by atoms with van der Waals surface area (Å²) in [7, 11) is 0. The number of hydrogen-bond donors (Lipinski definition) is 1. The van der Waals surface area contributed by atoms with Crippen LogP contribution in [0.2, 0.25) is 0 Å². The maximum Gasteiger partial charge on any atom is 0.253 e. The Kier molecular flexibility index (Phi) is 2.86. The zero-order valence-electron chi connectivity index (χ0n) is 9.65. The van der Waals surface area contributed by atoms with Gasteiger partial charge in [-0.1, -0.05) is 0 Å². The van der Waals surface area contributed by atoms with Crippen molar-refractivity contribution in [1.82, 2.24) is 10.2 Å². The molecule has 90 valence electrons. The Labute approximate surface area is 96.3 Å². The topological polar surface area (TPSA) is 41.6 Å². The van der Waals surface area contributed by atoms with E-state index in [4.69, 9.17) is 4.74 Å². The lowest BCUT2D eigenvalue weighted by Crippen LogP contribution is -2.50. The molecule has 16 heavy (non-hydrogen) atoms. The highest BCUT2D eigenvalue weighted by Gasteiger charge is 2.39. The molecule has 2 aliphatic carbocycles. The minimum absolute atomic E-state index is 0.224. The van der Waals surface area contributed by atoms with Crippen molar-refractivity contribution in [2.24, 2.45) is 5.92 Å². The Morgan fingerprint density at radius 2 is 2.12 bits per heavy atom. The number of carbonyl (C=O) groups excluding carboxylic acids is 1. The summed E-state index contributed by atoms with van der Waals surface area (Å²) in [5.74, 6) is 1.00. The van der Waals surface area contributed by atoms with E-state index in [1.54, 1.807) is 0 Å². The van der Waals surface area contributed by atoms with Crippen molar-refractivity contribution in [1.29, 1.82) is 0 Å². The highest BCUT2D eigenvalue weighted by atomic mass is 16.5. The third-order valence-corrected chi connectivity index (χ3v) is 3.63. The van der Waals surface area contributed by atoms with Crippen LogP contribution in [0.3, 0.4) is 0 Å². The molecule has 0 aromatic rings. The van der Waals surface area contributed by atoms with Crippen molar-refractivity contribution in [2.75, 3.05) is 26.2 Å². The molecule has 0 aromatic heterocycles. The Bertz CT molecular complexity index is 268. The number of nitrogens with zero attached hydrogens (tertiary/aromatic N) is 1. The Hall–Kier alpha value is -0.610. The first kappa shape index (κ1) is 10.5. The first-order valence-electron chi connectivity index (χ1n) is 6.47. The highest BCUT2D eigenvalue weighted by Crippen LogP contribution is 2.35. The average molecular weight is 224 g/mol. The first-order chi connectivity index (χ1) is 7.84. The molecular formula is C12H20N2O2. The molecule has 3 fully saturated rings. The summed E-state index contributed by atoms with van der Waals surface area (Å²) in [4.78, 5) is 14.4. The molecular weight excluding hydrogens is 204 g/mol. The second kappa shape index (κ2) is 4.34. The van der Waals surface area contributed by atoms with E-state index in [0.29, 0.717) is 19.2 Å². The van der Waals surface area contributed by atoms with Gasteiger partial charge in [0.25, 0.3) is 5.91 Å². The lowest BCUT2D eigenvalue weighted by atomic mass is 10.2. The third-order valence-electron chi connectivity index (χ3n) is 3.63. The van der Waals surface area contributed by atoms with Crippen LogP contribution >= 0.6 is 0 Å². The van der Waals surface area contributed by atoms with E-state index in [-0.39, 0.29) is 12.0 Å². The molecule has 3 rings (SSSR count). The van der Waals surface area contributed by atoms with Crippen molar-refractivity contribution in [3.8, 4) is 0 Å². The van der Waals surface area contributed by atoms with Gasteiger partial charge in [0, 0.05) is 25.7 Å². The van der Waals surface area contributed by atoms with Gasteiger partial charge in [-0.25, -0.2) is 0 Å². The minimum Gasteiger partial charge on any atom is -0.366 e. The van der Waals surface area contributed by atoms with Crippen LogP contribution in [0.25, 0.3) is 0 Å². The molecule has 3 aliphatic rings. The largest absolute Gasteiger partial charge is 0.366 e. The molecule has 0 radical (unpaired) electrons. The van der Waals surface area contributed by atoms with E-state index < -0.39 is 0 Å². The Balaban J connectivity index is 1.59. The third kappa shape index (κ3) is 2.38. The standard InChI is InChI=1S/C12H20N2O2/c15-12(11-7-13-5-6-16-11)14(10-3-4-10)8-9-1-2-9/h9-11,13H,1-8H2. The average Bonchev–Trinajstić information content (AvgIpc) is 3.16. The van der Waals surface area contributed by atoms with Gasteiger partial charge in [0.15, 0.2) is 0 Å². The van der Waals surface area contributed by atoms with Gasteiger partial charge in [0.1, 0.15) is 6.10 Å². The summed E-state index contributed by atoms with van der Waals surface area (Å²) in [6, 6.07) is 0.527. The van der Waals surface area contributed by atoms with Gasteiger partial charge in [-0.05, 0) is 31.6 Å². The summed E-state index contributed by atoms with van der Waals surface area (Å²) in [6.45, 7) is 3.20. The molecule has 1 unspecified atom stereocenters. The summed E-state index contributed by atoms with van der Waals surface area (Å²) >= 11 is 0. The number of ether oxygens (including phenoxy) is 1. The smallest absolute Gasteiger partial charge is 0.253 e. The van der Waals surface area contributed by atoms with Crippen molar-refractivity contribution in [3.63, 3.8) is 0 Å². The number of rotatable bonds is 4. The van der Waals surface area contributed by atoms with E-state index in [1.165, 1.54) is 25.7 Å². The summed E-state index contributed by atoms with van der Waals surface area (Å²) in [5, 5.41) is 3.23. The lowest BCUT2D eigenvalue weighted by Gasteiger charge is -2.30. The predicted octanol–water partition coefficient (Wildman–Crippen LogP) is 0.376. The maximum atomic E-state index is 12.3. The van der Waals surface area contributed by atoms with Gasteiger partial charge < -0.3 is 15.0 Å². The number of hydrogen-bond acceptors (Lipinski definition) is 3. The molecule has 0 aromatic carbocycles. The second-order valence-electron chi connectivity index (χ2n) is 5.23. The van der Waals surface area contributed by atoms with Crippen molar-refractivity contribution in [3.05, 3.63) is 0 Å². The van der Waals surface area contributed by atoms with Gasteiger partial charge in [0.05, 0.1) is 6.61 Å². The van der Waals surface area contributed by atoms with Gasteiger partial charge in [-0.3, -0.25) is 4.79 Å². The zero-order chi connectivity index (χ0) is 11.0. The number of carbonyl (C=O) groups is 1. The van der Waals surface area contributed by atoms with Crippen LogP contribution in [0.5, 0.6) is 0 Å². The molecule has 1 N–H and O–H groups in total. The van der Waals surface area contributed by atoms with Gasteiger partial charge in [-0.2, -0.15) is 0 Å². The van der Waals surface area contributed by atoms with Crippen LogP contribution in [0.4, 0.5) is 0 Å². The number of nitrogens with one attached hydrogen (secondary N) is 1. The Morgan fingerprint density at radius 1 is 1.31 bits per heavy atom. The molecule has 1 atom stereocenters. The van der Waals surface area contributed by atoms with Gasteiger partial charge >= 0.3 is 0 Å². The molecule has 1 aliphatic heterocycles. The van der Waals surface area contributed by atoms with E-state index in [2.05, 4.69) is 10.2 Å². The van der Waals surface area contributed by atoms with Crippen LogP contribution < -0.4 is 5.32 Å². The lowest BCUT2D eigenvalue weighted by molar-refractivity contribution is -0.146. The van der Waals surface area contributed by atoms with Gasteiger partial charge in [-0.15, -0.1) is 0 Å². The molecule has 4 heteroatoms. The molecule has 0 bridgehead atoms. The normalized spacial score (nSPS) is 30.1. The first-order valence-corrected chi connectivity index (χ1v) is 6.47. The zero-order valence-corrected chi connectivity index (χ0v) is 9.65. The highest BCUT2D eigenvalue weighted by molar-refractivity contribution is 5.82. The molecule has 0 spiro atoms. The van der Waals surface area contributed by atoms with Crippen LogP contribution in [0.1, 0.15) is 25.7 Å². The van der Waals surface area contributed by atoms with Crippen molar-refractivity contribution < 1.29 is 9.53 Å². The molecule has 1 heterocycles. The fraction of sp³-hybridized carbons (Fsp3) is 0.917. The number of morpholine rings is 1. The maximum absolute atomic E-state index is 12.3. The molecule has 4 nitrogen and oxygen atoms in total. The van der Waals surface area contributed by atoms with E-state index >= 15 is 0 Å². The van der Waals surface area contributed by atoms with Crippen LogP contribution in [0, 0.1) is 5.92 Å². The fourth-order valence-electron chi connectivity index (χ4n) is 2.29. The molecule has 1 saturated heterocycles. The Morgan fingerprint density at radius 3 is 2.69 bits per heavy atom. The summed E-state index contributed by atoms with van der Waals surface area (Å²) in [5.41, 5.74) is 0. The van der Waals surface area contributed by atoms with E-state index in [0.717, 1.165) is 19.0 Å². The van der Waals surface area contributed by atoms with Crippen LogP contribution in [-0.4, -0.2) is 49.2 Å². The SMILES string of the molecule is O=C(C1CNCCO1)N(CC1CC1)C1CC1. The predicted molar refractivity (Wildman–Crippen MR) is 60.1 cm³/mol. The fourth-order valence-corrected chi connectivity index (χ4v) is 2.29. The van der Waals surface area contributed by atoms with Crippen LogP contribution in [0.15, 0.2) is 0 Å². The molecule has 1 amide bonds. The molecule has 2 saturated carbocycles. The van der Waals surface area contributed by atoms with Gasteiger partial charge in [0.2, 0.25) is 0 Å². The monoisotopic (exact) mass is 224 g/mol. The minimum atomic E-state index is -0.229. The van der Waals surface area contributed by atoms with E-state index in [9.17, 15) is 4.79 Å². The summed E-state index contributed by atoms with van der Waals surface area (Å²) in [6.07, 6.45) is 4.77. The summed E-state index contributed by atoms with van der Waals surface area (Å²) < 4.78 is 5.55.